The zero-order valence-electron chi connectivity index (χ0n) is 11.3. The fourth-order valence-corrected chi connectivity index (χ4v) is 0. The first-order valence-corrected chi connectivity index (χ1v) is 21.4. The first-order valence-electron chi connectivity index (χ1n) is 2.22. The maximum atomic E-state index is 8.38. The van der Waals surface area contributed by atoms with Crippen molar-refractivity contribution in [1.29, 1.82) is 0 Å². The van der Waals surface area contributed by atoms with Crippen molar-refractivity contribution in [3.63, 3.8) is 0 Å². The van der Waals surface area contributed by atoms with Gasteiger partial charge in [0.1, 0.15) is 0 Å². The molecule has 112 valence electrons. The Balaban J connectivity index is -0.00000000274. The van der Waals surface area contributed by atoms with Crippen LogP contribution >= 0.6 is 38.8 Å². The second-order valence-electron chi connectivity index (χ2n) is 0.202. The molecule has 0 aliphatic rings. The van der Waals surface area contributed by atoms with Crippen LogP contribution in [0.2, 0.25) is 0 Å². The van der Waals surface area contributed by atoms with Gasteiger partial charge in [-0.15, -0.1) is 0 Å². The van der Waals surface area contributed by atoms with E-state index in [1.165, 1.54) is 0 Å². The minimum absolute atomic E-state index is 0. The van der Waals surface area contributed by atoms with Gasteiger partial charge in [0.15, 0.2) is 0 Å². The van der Waals surface area contributed by atoms with E-state index < -0.39 is 30.3 Å². The molecule has 4 N–H and O–H groups in total. The molecule has 0 amide bonds. The van der Waals surface area contributed by atoms with Gasteiger partial charge in [0, 0.05) is 0 Å². The molecular weight excluding hydrogens is 738 g/mol. The van der Waals surface area contributed by atoms with Crippen molar-refractivity contribution in [2.45, 2.75) is 0 Å². The standard InChI is InChI=1S/8ClH.4Mg.2H2O.4O.4Zn/h8*1H;;;;;2*1H2;;;;;;;;/q;;;;;;;;;;2*+2;;;;;;;;;2*+2/p-8. The Kier molecular flexibility index (Phi) is 1160. The molecule has 0 saturated carbocycles. The quantitative estimate of drug-likeness (QED) is 0.229. The number of rotatable bonds is 0. The summed E-state index contributed by atoms with van der Waals surface area (Å²) in [5.74, 6) is 0. The van der Waals surface area contributed by atoms with Crippen molar-refractivity contribution in [1.82, 2.24) is 0 Å². The van der Waals surface area contributed by atoms with Crippen molar-refractivity contribution < 1.29 is 141 Å². The topological polar surface area (TPSA) is 131 Å². The van der Waals surface area contributed by atoms with Gasteiger partial charge < -0.3 is 60.6 Å². The Morgan fingerprint density at radius 1 is 0.545 bits per heavy atom. The van der Waals surface area contributed by atoms with Crippen molar-refractivity contribution in [2.75, 3.05) is 0 Å². The Morgan fingerprint density at radius 3 is 0.545 bits per heavy atom. The van der Waals surface area contributed by atoms with Gasteiger partial charge in [0.05, 0.1) is 0 Å². The Bertz CT molecular complexity index is 63.6. The fraction of sp³-hybridized carbons (Fsp3) is 0. The molecule has 0 aromatic heterocycles. The van der Waals surface area contributed by atoms with Gasteiger partial charge in [-0.05, 0) is 0 Å². The number of halogens is 8. The molecule has 0 bridgehead atoms. The monoisotopic (exact) mass is 731 g/mol. The molecule has 0 aliphatic heterocycles. The summed E-state index contributed by atoms with van der Waals surface area (Å²) in [5.41, 5.74) is 0. The fourth-order valence-electron chi connectivity index (χ4n) is 0. The zero-order valence-corrected chi connectivity index (χ0v) is 34.9. The average molecular weight is 742 g/mol. The average Bonchev–Trinajstić information content (AvgIpc) is 2.31. The third kappa shape index (κ3) is 373. The molecule has 0 aromatic rings. The normalized spacial score (nSPS) is 2.00. The van der Waals surface area contributed by atoms with Gasteiger partial charge in [-0.3, -0.25) is 0 Å². The molecular formula is H4Cl8Mg4O6Zn4. The van der Waals surface area contributed by atoms with Gasteiger partial charge in [-0.1, -0.05) is 0 Å². The summed E-state index contributed by atoms with van der Waals surface area (Å²) in [4.78, 5) is 0. The summed E-state index contributed by atoms with van der Waals surface area (Å²) in [6.07, 6.45) is 0. The van der Waals surface area contributed by atoms with E-state index in [9.17, 15) is 0 Å². The summed E-state index contributed by atoms with van der Waals surface area (Å²) in [7, 11) is 19.8. The molecule has 0 saturated heterocycles. The minimum atomic E-state index is -0.931. The maximum absolute atomic E-state index is 8.38. The third-order valence-electron chi connectivity index (χ3n) is 0. The number of hydrogen-bond donors (Lipinski definition) is 0. The van der Waals surface area contributed by atoms with Gasteiger partial charge in [0.25, 0.3) is 0 Å². The summed E-state index contributed by atoms with van der Waals surface area (Å²) < 4.78 is 33.3. The zero-order chi connectivity index (χ0) is 13.4. The third-order valence-corrected chi connectivity index (χ3v) is 0. The van der Waals surface area contributed by atoms with Crippen molar-refractivity contribution in [2.24, 2.45) is 0 Å². The summed E-state index contributed by atoms with van der Waals surface area (Å²) in [5, 5.41) is 0. The predicted molar refractivity (Wildman–Crippen MR) is 56.4 cm³/mol. The molecule has 22 heavy (non-hydrogen) atoms. The van der Waals surface area contributed by atoms with Crippen molar-refractivity contribution >= 4 is 128 Å². The molecule has 0 heterocycles. The second-order valence-corrected chi connectivity index (χ2v) is 9.45. The van der Waals surface area contributed by atoms with Crippen LogP contribution < -0.4 is 49.6 Å². The molecule has 0 aromatic carbocycles. The van der Waals surface area contributed by atoms with Crippen LogP contribution in [0, 0.1) is 0 Å². The van der Waals surface area contributed by atoms with Crippen LogP contribution in [0.15, 0.2) is 0 Å². The Morgan fingerprint density at radius 2 is 0.545 bits per heavy atom. The van der Waals surface area contributed by atoms with Crippen molar-refractivity contribution in [3.05, 3.63) is 0 Å². The molecule has 0 unspecified atom stereocenters. The molecule has 0 rings (SSSR count). The van der Waals surface area contributed by atoms with E-state index in [1.54, 1.807) is 0 Å². The number of hydrogen-bond acceptors (Lipinski definition) is 4. The summed E-state index contributed by atoms with van der Waals surface area (Å²) >= 11 is -0.389. The van der Waals surface area contributed by atoms with E-state index in [0.717, 1.165) is 0 Å². The SMILES string of the molecule is O.O.[Cl-].[Cl-].[Cl-].[Cl-].[Cl][Zn][Cl].[Cl][Zn][Cl].[Mg+2].[Mg+2].[O]=[Mg].[O]=[Mg].[O]=[Zn].[O]=[Zn]. The molecule has 0 spiro atoms. The molecule has 0 aliphatic carbocycles. The van der Waals surface area contributed by atoms with Crippen LogP contribution in [0.4, 0.5) is 0 Å². The van der Waals surface area contributed by atoms with Gasteiger partial charge in [-0.25, -0.2) is 0 Å². The van der Waals surface area contributed by atoms with E-state index in [1.807, 2.05) is 0 Å². The van der Waals surface area contributed by atoms with Gasteiger partial charge in [-0.2, -0.15) is 0 Å². The van der Waals surface area contributed by atoms with E-state index in [0.29, 0.717) is 43.4 Å². The van der Waals surface area contributed by atoms with Crippen LogP contribution in [0.3, 0.4) is 0 Å². The van der Waals surface area contributed by atoms with Gasteiger partial charge in [0.2, 0.25) is 0 Å². The second kappa shape index (κ2) is 252. The van der Waals surface area contributed by atoms with Crippen molar-refractivity contribution in [3.8, 4) is 0 Å². The van der Waals surface area contributed by atoms with E-state index in [-0.39, 0.29) is 143 Å². The van der Waals surface area contributed by atoms with Crippen LogP contribution in [0.5, 0.6) is 0 Å². The Hall–Kier alpha value is 7.00. The first kappa shape index (κ1) is 101. The van der Waals surface area contributed by atoms with E-state index >= 15 is 0 Å². The van der Waals surface area contributed by atoms with Gasteiger partial charge >= 0.3 is 209 Å². The van der Waals surface area contributed by atoms with Crippen LogP contribution in [0.1, 0.15) is 0 Å². The van der Waals surface area contributed by atoms with E-state index in [2.05, 4.69) is 0 Å². The Labute approximate surface area is 263 Å². The van der Waals surface area contributed by atoms with Crippen LogP contribution in [0.25, 0.3) is 0 Å². The molecule has 6 nitrogen and oxygen atoms in total. The molecule has 0 atom stereocenters. The molecule has 0 fully saturated rings. The summed E-state index contributed by atoms with van der Waals surface area (Å²) in [6, 6.07) is 0. The first-order chi connectivity index (χ1) is 6.83. The predicted octanol–water partition coefficient (Wildman–Crippen LogP) is -12.9. The van der Waals surface area contributed by atoms with Crippen LogP contribution in [-0.2, 0) is 80.3 Å². The van der Waals surface area contributed by atoms with Crippen LogP contribution in [-0.4, -0.2) is 100 Å². The molecule has 22 heteroatoms. The van der Waals surface area contributed by atoms with E-state index in [4.69, 9.17) is 52.3 Å². The molecule has 0 radical (unpaired) electrons. The summed E-state index contributed by atoms with van der Waals surface area (Å²) in [6.45, 7) is 0.